The van der Waals surface area contributed by atoms with Gasteiger partial charge in [-0.25, -0.2) is 4.98 Å². The Balaban J connectivity index is 1.57. The van der Waals surface area contributed by atoms with Gasteiger partial charge in [0.2, 0.25) is 0 Å². The van der Waals surface area contributed by atoms with Gasteiger partial charge in [0.1, 0.15) is 5.65 Å². The van der Waals surface area contributed by atoms with Crippen molar-refractivity contribution in [1.29, 1.82) is 0 Å². The lowest BCUT2D eigenvalue weighted by atomic mass is 9.94. The average Bonchev–Trinajstić information content (AvgIpc) is 3.53. The highest BCUT2D eigenvalue weighted by Gasteiger charge is 2.26. The monoisotopic (exact) mass is 394 g/mol. The summed E-state index contributed by atoms with van der Waals surface area (Å²) in [5, 5.41) is 3.97. The van der Waals surface area contributed by atoms with Gasteiger partial charge in [-0.3, -0.25) is 4.40 Å². The lowest BCUT2D eigenvalue weighted by molar-refractivity contribution is 1.21. The van der Waals surface area contributed by atoms with Crippen LogP contribution in [0.4, 0.5) is 0 Å². The van der Waals surface area contributed by atoms with Crippen LogP contribution in [0, 0.1) is 0 Å². The first-order valence-electron chi connectivity index (χ1n) is 10.9. The number of fused-ring (bicyclic) bond motifs is 14. The highest BCUT2D eigenvalue weighted by atomic mass is 15.0. The van der Waals surface area contributed by atoms with E-state index in [9.17, 15) is 0 Å². The second-order valence-corrected chi connectivity index (χ2v) is 8.79. The summed E-state index contributed by atoms with van der Waals surface area (Å²) in [5.41, 5.74) is 13.6. The molecule has 0 bridgehead atoms. The largest absolute Gasteiger partial charge is 0.299 e. The molecule has 0 radical (unpaired) electrons. The Bertz CT molecular complexity index is 1740. The topological polar surface area (TPSA) is 17.3 Å². The number of hydrogen-bond acceptors (Lipinski definition) is 1. The van der Waals surface area contributed by atoms with Crippen molar-refractivity contribution < 1.29 is 0 Å². The van der Waals surface area contributed by atoms with Crippen LogP contribution in [-0.2, 0) is 12.8 Å². The number of nitrogens with zero attached hydrogens (tertiary/aromatic N) is 2. The van der Waals surface area contributed by atoms with Crippen molar-refractivity contribution in [3.05, 3.63) is 107 Å². The van der Waals surface area contributed by atoms with Crippen molar-refractivity contribution in [2.45, 2.75) is 12.8 Å². The van der Waals surface area contributed by atoms with Crippen LogP contribution in [0.25, 0.3) is 49.6 Å². The van der Waals surface area contributed by atoms with Gasteiger partial charge >= 0.3 is 0 Å². The normalized spacial score (nSPS) is 13.5. The molecule has 6 aromatic rings. The molecular formula is C29H18N2. The Kier molecular flexibility index (Phi) is 2.77. The molecule has 2 aliphatic carbocycles. The standard InChI is InChI=1S/C29H18N2/c1-3-7-19-17(5-1)15-25-21(19)10-12-24-27(25)23-11-9-22-20-8-4-2-6-18(20)16-26(22)28(23)31-14-13-30-29(24)31/h1-14H,15-16H2. The summed E-state index contributed by atoms with van der Waals surface area (Å²) >= 11 is 0. The van der Waals surface area contributed by atoms with Crippen molar-refractivity contribution in [3.63, 3.8) is 0 Å². The minimum atomic E-state index is 0.983. The Morgan fingerprint density at radius 2 is 1.26 bits per heavy atom. The molecule has 0 saturated carbocycles. The molecule has 2 heterocycles. The van der Waals surface area contributed by atoms with Crippen LogP contribution in [-0.4, -0.2) is 9.38 Å². The van der Waals surface area contributed by atoms with E-state index in [1.54, 1.807) is 0 Å². The van der Waals surface area contributed by atoms with Crippen molar-refractivity contribution in [3.8, 4) is 22.3 Å². The number of aromatic nitrogens is 2. The molecule has 2 aromatic heterocycles. The van der Waals surface area contributed by atoms with E-state index < -0.39 is 0 Å². The minimum absolute atomic E-state index is 0.983. The van der Waals surface area contributed by atoms with Crippen LogP contribution < -0.4 is 0 Å². The molecule has 0 saturated heterocycles. The van der Waals surface area contributed by atoms with Crippen LogP contribution in [0.2, 0.25) is 0 Å². The maximum absolute atomic E-state index is 4.81. The second kappa shape index (κ2) is 5.41. The molecule has 0 unspecified atom stereocenters. The van der Waals surface area contributed by atoms with Crippen LogP contribution in [0.15, 0.2) is 85.2 Å². The molecule has 8 rings (SSSR count). The van der Waals surface area contributed by atoms with E-state index in [1.807, 2.05) is 6.20 Å². The third-order valence-electron chi connectivity index (χ3n) is 7.34. The molecule has 2 aliphatic rings. The van der Waals surface area contributed by atoms with Gasteiger partial charge in [0.05, 0.1) is 5.52 Å². The van der Waals surface area contributed by atoms with E-state index in [1.165, 1.54) is 66.2 Å². The zero-order valence-electron chi connectivity index (χ0n) is 16.9. The van der Waals surface area contributed by atoms with Gasteiger partial charge in [0, 0.05) is 29.6 Å². The van der Waals surface area contributed by atoms with E-state index in [-0.39, 0.29) is 0 Å². The fraction of sp³-hybridized carbons (Fsp3) is 0.0690. The van der Waals surface area contributed by atoms with Crippen molar-refractivity contribution >= 4 is 27.3 Å². The maximum Gasteiger partial charge on any atom is 0.145 e. The lowest BCUT2D eigenvalue weighted by Gasteiger charge is -2.15. The van der Waals surface area contributed by atoms with Crippen molar-refractivity contribution in [1.82, 2.24) is 9.38 Å². The molecule has 144 valence electrons. The Morgan fingerprint density at radius 1 is 0.613 bits per heavy atom. The molecule has 2 heteroatoms. The molecule has 0 spiro atoms. The zero-order valence-corrected chi connectivity index (χ0v) is 16.9. The summed E-state index contributed by atoms with van der Waals surface area (Å²) in [6, 6.07) is 26.9. The highest BCUT2D eigenvalue weighted by molar-refractivity contribution is 6.17. The van der Waals surface area contributed by atoms with E-state index in [0.29, 0.717) is 0 Å². The van der Waals surface area contributed by atoms with Gasteiger partial charge in [-0.2, -0.15) is 0 Å². The fourth-order valence-corrected chi connectivity index (χ4v) is 6.06. The molecule has 31 heavy (non-hydrogen) atoms. The van der Waals surface area contributed by atoms with Crippen molar-refractivity contribution in [2.24, 2.45) is 0 Å². The van der Waals surface area contributed by atoms with E-state index in [4.69, 9.17) is 4.98 Å². The summed E-state index contributed by atoms with van der Waals surface area (Å²) in [4.78, 5) is 4.81. The Labute approximate surface area is 179 Å². The third kappa shape index (κ3) is 1.87. The number of hydrogen-bond donors (Lipinski definition) is 0. The van der Waals surface area contributed by atoms with Crippen LogP contribution in [0.3, 0.4) is 0 Å². The SMILES string of the molecule is c1ccc2c(c1)Cc1c-2ccc2c1c1ccc3c(c1n1ccnc21)Cc1ccccc1-3. The van der Waals surface area contributed by atoms with Gasteiger partial charge in [0.25, 0.3) is 0 Å². The summed E-state index contributed by atoms with van der Waals surface area (Å²) in [5.74, 6) is 0. The Hall–Kier alpha value is -3.91. The first-order chi connectivity index (χ1) is 15.4. The molecule has 0 atom stereocenters. The smallest absolute Gasteiger partial charge is 0.145 e. The molecule has 0 amide bonds. The fourth-order valence-electron chi connectivity index (χ4n) is 6.06. The number of imidazole rings is 1. The van der Waals surface area contributed by atoms with Crippen molar-refractivity contribution in [2.75, 3.05) is 0 Å². The maximum atomic E-state index is 4.81. The molecule has 4 aromatic carbocycles. The second-order valence-electron chi connectivity index (χ2n) is 8.79. The summed E-state index contributed by atoms with van der Waals surface area (Å²) < 4.78 is 2.32. The molecule has 0 N–H and O–H groups in total. The van der Waals surface area contributed by atoms with Gasteiger partial charge in [-0.05, 0) is 62.4 Å². The lowest BCUT2D eigenvalue weighted by Crippen LogP contribution is -1.97. The summed E-state index contributed by atoms with van der Waals surface area (Å²) in [6.07, 6.45) is 6.04. The van der Waals surface area contributed by atoms with Crippen LogP contribution >= 0.6 is 0 Å². The number of benzene rings is 4. The van der Waals surface area contributed by atoms with Crippen LogP contribution in [0.5, 0.6) is 0 Å². The van der Waals surface area contributed by atoms with Gasteiger partial charge in [-0.1, -0.05) is 66.7 Å². The van der Waals surface area contributed by atoms with Gasteiger partial charge in [-0.15, -0.1) is 0 Å². The number of pyridine rings is 1. The first-order valence-corrected chi connectivity index (χ1v) is 10.9. The molecule has 0 aliphatic heterocycles. The first kappa shape index (κ1) is 15.9. The average molecular weight is 394 g/mol. The molecular weight excluding hydrogens is 376 g/mol. The van der Waals surface area contributed by atoms with Gasteiger partial charge in [0.15, 0.2) is 0 Å². The zero-order chi connectivity index (χ0) is 20.1. The third-order valence-corrected chi connectivity index (χ3v) is 7.34. The van der Waals surface area contributed by atoms with E-state index in [2.05, 4.69) is 83.4 Å². The summed E-state index contributed by atoms with van der Waals surface area (Å²) in [6.45, 7) is 0. The molecule has 0 fully saturated rings. The van der Waals surface area contributed by atoms with Gasteiger partial charge < -0.3 is 0 Å². The van der Waals surface area contributed by atoms with Crippen LogP contribution in [0.1, 0.15) is 22.3 Å². The van der Waals surface area contributed by atoms with E-state index >= 15 is 0 Å². The summed E-state index contributed by atoms with van der Waals surface area (Å²) in [7, 11) is 0. The van der Waals surface area contributed by atoms with E-state index in [0.717, 1.165) is 18.5 Å². The Morgan fingerprint density at radius 3 is 2.03 bits per heavy atom. The molecule has 2 nitrogen and oxygen atoms in total. The highest BCUT2D eigenvalue weighted by Crippen LogP contribution is 2.46. The minimum Gasteiger partial charge on any atom is -0.299 e. The predicted molar refractivity (Wildman–Crippen MR) is 127 cm³/mol. The quantitative estimate of drug-likeness (QED) is 0.259. The predicted octanol–water partition coefficient (Wildman–Crippen LogP) is 6.78. The number of rotatable bonds is 0.